The third-order valence-corrected chi connectivity index (χ3v) is 3.52. The first kappa shape index (κ1) is 18.8. The van der Waals surface area contributed by atoms with Gasteiger partial charge in [-0.25, -0.2) is 0 Å². The smallest absolute Gasteiger partial charge is 0.265 e. The van der Waals surface area contributed by atoms with Gasteiger partial charge in [-0.2, -0.15) is 0 Å². The van der Waals surface area contributed by atoms with Crippen LogP contribution in [0.3, 0.4) is 0 Å². The summed E-state index contributed by atoms with van der Waals surface area (Å²) in [7, 11) is 0. The Hall–Kier alpha value is -2.53. The molecule has 0 aromatic heterocycles. The molecule has 132 valence electrons. The van der Waals surface area contributed by atoms with E-state index in [-0.39, 0.29) is 12.5 Å². The van der Waals surface area contributed by atoms with Gasteiger partial charge in [0.15, 0.2) is 6.61 Å². The normalized spacial score (nSPS) is 10.7. The van der Waals surface area contributed by atoms with Crippen molar-refractivity contribution in [1.29, 1.82) is 0 Å². The fraction of sp³-hybridized carbons (Fsp3) is 0.263. The van der Waals surface area contributed by atoms with Crippen LogP contribution in [0, 0.1) is 6.92 Å². The second-order valence-electron chi connectivity index (χ2n) is 5.46. The highest BCUT2D eigenvalue weighted by atomic mass is 35.5. The standard InChI is InChI=1S/C19H21ClN2O3/c1-3-10-24-18-9-6-15(11-17(18)20)12-21-25-13-19(23)22-16-7-4-14(2)5-8-16/h4-9,11-12H,3,10,13H2,1-2H3,(H,22,23)/b21-12+. The predicted octanol–water partition coefficient (Wildman–Crippen LogP) is 4.43. The molecule has 2 aromatic rings. The Balaban J connectivity index is 1.79. The summed E-state index contributed by atoms with van der Waals surface area (Å²) in [5.74, 6) is 0.362. The van der Waals surface area contributed by atoms with Crippen molar-refractivity contribution in [2.45, 2.75) is 20.3 Å². The highest BCUT2D eigenvalue weighted by Gasteiger charge is 2.03. The summed E-state index contributed by atoms with van der Waals surface area (Å²) in [6.07, 6.45) is 2.41. The molecular weight excluding hydrogens is 340 g/mol. The molecule has 0 aliphatic heterocycles. The Morgan fingerprint density at radius 1 is 1.24 bits per heavy atom. The summed E-state index contributed by atoms with van der Waals surface area (Å²) in [4.78, 5) is 16.8. The van der Waals surface area contributed by atoms with Crippen LogP contribution in [0.15, 0.2) is 47.6 Å². The molecule has 0 fully saturated rings. The molecule has 0 spiro atoms. The van der Waals surface area contributed by atoms with Crippen molar-refractivity contribution in [3.05, 3.63) is 58.6 Å². The minimum absolute atomic E-state index is 0.171. The topological polar surface area (TPSA) is 59.9 Å². The van der Waals surface area contributed by atoms with Gasteiger partial charge in [0.25, 0.3) is 5.91 Å². The first-order chi connectivity index (χ1) is 12.1. The number of hydrogen-bond acceptors (Lipinski definition) is 4. The van der Waals surface area contributed by atoms with Crippen LogP contribution in [-0.4, -0.2) is 25.3 Å². The van der Waals surface area contributed by atoms with Crippen LogP contribution in [0.4, 0.5) is 5.69 Å². The average molecular weight is 361 g/mol. The van der Waals surface area contributed by atoms with Crippen molar-refractivity contribution < 1.29 is 14.4 Å². The molecule has 6 heteroatoms. The van der Waals surface area contributed by atoms with E-state index in [1.54, 1.807) is 12.1 Å². The fourth-order valence-electron chi connectivity index (χ4n) is 1.95. The lowest BCUT2D eigenvalue weighted by molar-refractivity contribution is -0.120. The molecule has 0 heterocycles. The summed E-state index contributed by atoms with van der Waals surface area (Å²) in [6, 6.07) is 12.8. The second kappa shape index (κ2) is 9.69. The molecule has 0 atom stereocenters. The number of oxime groups is 1. The highest BCUT2D eigenvalue weighted by Crippen LogP contribution is 2.25. The third-order valence-electron chi connectivity index (χ3n) is 3.22. The summed E-state index contributed by atoms with van der Waals surface area (Å²) < 4.78 is 5.50. The van der Waals surface area contributed by atoms with Gasteiger partial charge in [-0.05, 0) is 49.2 Å². The van der Waals surface area contributed by atoms with Gasteiger partial charge in [0.2, 0.25) is 0 Å². The van der Waals surface area contributed by atoms with Crippen LogP contribution in [-0.2, 0) is 9.63 Å². The van der Waals surface area contributed by atoms with Crippen LogP contribution in [0.5, 0.6) is 5.75 Å². The number of nitrogens with one attached hydrogen (secondary N) is 1. The van der Waals surface area contributed by atoms with E-state index >= 15 is 0 Å². The molecule has 5 nitrogen and oxygen atoms in total. The summed E-state index contributed by atoms with van der Waals surface area (Å²) >= 11 is 6.14. The number of hydrogen-bond donors (Lipinski definition) is 1. The Bertz CT molecular complexity index is 730. The molecule has 1 N–H and O–H groups in total. The largest absolute Gasteiger partial charge is 0.492 e. The van der Waals surface area contributed by atoms with Gasteiger partial charge < -0.3 is 14.9 Å². The van der Waals surface area contributed by atoms with Gasteiger partial charge in [-0.1, -0.05) is 41.4 Å². The van der Waals surface area contributed by atoms with E-state index in [4.69, 9.17) is 21.2 Å². The van der Waals surface area contributed by atoms with Crippen LogP contribution in [0.1, 0.15) is 24.5 Å². The molecule has 0 radical (unpaired) electrons. The zero-order valence-electron chi connectivity index (χ0n) is 14.3. The molecule has 0 saturated heterocycles. The monoisotopic (exact) mass is 360 g/mol. The van der Waals surface area contributed by atoms with Crippen molar-refractivity contribution >= 4 is 29.4 Å². The summed E-state index contributed by atoms with van der Waals surface area (Å²) in [5, 5.41) is 7.02. The lowest BCUT2D eigenvalue weighted by Crippen LogP contribution is -2.16. The SMILES string of the molecule is CCCOc1ccc(/C=N/OCC(=O)Nc2ccc(C)cc2)cc1Cl. The molecule has 0 bridgehead atoms. The van der Waals surface area contributed by atoms with Gasteiger partial charge in [0, 0.05) is 5.69 Å². The molecule has 25 heavy (non-hydrogen) atoms. The first-order valence-corrected chi connectivity index (χ1v) is 8.40. The summed E-state index contributed by atoms with van der Waals surface area (Å²) in [5.41, 5.74) is 2.61. The fourth-order valence-corrected chi connectivity index (χ4v) is 2.20. The number of anilines is 1. The maximum absolute atomic E-state index is 11.8. The molecule has 1 amide bonds. The maximum atomic E-state index is 11.8. The molecule has 0 unspecified atom stereocenters. The first-order valence-electron chi connectivity index (χ1n) is 8.02. The number of halogens is 1. The Morgan fingerprint density at radius 2 is 2.00 bits per heavy atom. The quantitative estimate of drug-likeness (QED) is 0.559. The predicted molar refractivity (Wildman–Crippen MR) is 101 cm³/mol. The van der Waals surface area contributed by atoms with Gasteiger partial charge in [-0.3, -0.25) is 4.79 Å². The number of rotatable bonds is 8. The number of benzene rings is 2. The number of aryl methyl sites for hydroxylation is 1. The van der Waals surface area contributed by atoms with E-state index in [1.807, 2.05) is 44.2 Å². The van der Waals surface area contributed by atoms with Gasteiger partial charge in [0.05, 0.1) is 17.8 Å². The highest BCUT2D eigenvalue weighted by molar-refractivity contribution is 6.32. The molecule has 0 aliphatic rings. The maximum Gasteiger partial charge on any atom is 0.265 e. The van der Waals surface area contributed by atoms with Crippen molar-refractivity contribution in [2.24, 2.45) is 5.16 Å². The molecule has 2 rings (SSSR count). The molecular formula is C19H21ClN2O3. The third kappa shape index (κ3) is 6.47. The number of carbonyl (C=O) groups is 1. The number of amides is 1. The number of ether oxygens (including phenoxy) is 1. The van der Waals surface area contributed by atoms with E-state index in [0.717, 1.165) is 23.2 Å². The zero-order valence-corrected chi connectivity index (χ0v) is 15.0. The average Bonchev–Trinajstić information content (AvgIpc) is 2.60. The van der Waals surface area contributed by atoms with Crippen molar-refractivity contribution in [1.82, 2.24) is 0 Å². The minimum Gasteiger partial charge on any atom is -0.492 e. The van der Waals surface area contributed by atoms with Crippen LogP contribution >= 0.6 is 11.6 Å². The number of nitrogens with zero attached hydrogens (tertiary/aromatic N) is 1. The van der Waals surface area contributed by atoms with E-state index in [2.05, 4.69) is 10.5 Å². The minimum atomic E-state index is -0.276. The zero-order chi connectivity index (χ0) is 18.1. The van der Waals surface area contributed by atoms with Crippen molar-refractivity contribution in [3.63, 3.8) is 0 Å². The van der Waals surface area contributed by atoms with Gasteiger partial charge in [0.1, 0.15) is 5.75 Å². The molecule has 0 saturated carbocycles. The van der Waals surface area contributed by atoms with Crippen molar-refractivity contribution in [3.8, 4) is 5.75 Å². The van der Waals surface area contributed by atoms with Gasteiger partial charge >= 0.3 is 0 Å². The summed E-state index contributed by atoms with van der Waals surface area (Å²) in [6.45, 7) is 4.46. The van der Waals surface area contributed by atoms with Crippen LogP contribution in [0.2, 0.25) is 5.02 Å². The lowest BCUT2D eigenvalue weighted by atomic mass is 10.2. The Kier molecular flexibility index (Phi) is 7.29. The Morgan fingerprint density at radius 3 is 2.68 bits per heavy atom. The molecule has 0 aliphatic carbocycles. The van der Waals surface area contributed by atoms with E-state index in [1.165, 1.54) is 6.21 Å². The van der Waals surface area contributed by atoms with Crippen LogP contribution in [0.25, 0.3) is 0 Å². The van der Waals surface area contributed by atoms with Crippen LogP contribution < -0.4 is 10.1 Å². The van der Waals surface area contributed by atoms with E-state index in [0.29, 0.717) is 17.4 Å². The second-order valence-corrected chi connectivity index (χ2v) is 5.87. The number of carbonyl (C=O) groups excluding carboxylic acids is 1. The van der Waals surface area contributed by atoms with E-state index in [9.17, 15) is 4.79 Å². The lowest BCUT2D eigenvalue weighted by Gasteiger charge is -2.07. The van der Waals surface area contributed by atoms with E-state index < -0.39 is 0 Å². The van der Waals surface area contributed by atoms with Gasteiger partial charge in [-0.15, -0.1) is 0 Å². The molecule has 2 aromatic carbocycles. The van der Waals surface area contributed by atoms with Crippen molar-refractivity contribution in [2.75, 3.05) is 18.5 Å². The Labute approximate surface area is 152 Å².